The quantitative estimate of drug-likeness (QED) is 0.671. The van der Waals surface area contributed by atoms with Crippen molar-refractivity contribution in [1.29, 1.82) is 0 Å². The second-order valence-corrected chi connectivity index (χ2v) is 8.38. The minimum Gasteiger partial charge on any atom is -0.352 e. The Labute approximate surface area is 195 Å². The zero-order valence-electron chi connectivity index (χ0n) is 19.8. The van der Waals surface area contributed by atoms with Crippen LogP contribution in [0.5, 0.6) is 0 Å². The fourth-order valence-corrected chi connectivity index (χ4v) is 3.84. The Balaban J connectivity index is 1.70. The van der Waals surface area contributed by atoms with Crippen LogP contribution in [0.15, 0.2) is 53.6 Å². The lowest BCUT2D eigenvalue weighted by Crippen LogP contribution is -2.49. The number of carbonyl (C=O) groups is 2. The largest absolute Gasteiger partial charge is 0.352 e. The van der Waals surface area contributed by atoms with Crippen molar-refractivity contribution in [2.24, 2.45) is 0 Å². The summed E-state index contributed by atoms with van der Waals surface area (Å²) in [6.45, 7) is 9.63. The zero-order valence-corrected chi connectivity index (χ0v) is 19.8. The highest BCUT2D eigenvalue weighted by Gasteiger charge is 2.26. The predicted molar refractivity (Wildman–Crippen MR) is 132 cm³/mol. The number of amides is 2. The molecule has 176 valence electrons. The van der Waals surface area contributed by atoms with Crippen molar-refractivity contribution in [3.05, 3.63) is 75.7 Å². The molecule has 0 radical (unpaired) electrons. The van der Waals surface area contributed by atoms with Gasteiger partial charge in [-0.15, -0.1) is 0 Å². The van der Waals surface area contributed by atoms with Crippen molar-refractivity contribution in [2.45, 2.75) is 33.2 Å². The molecular formula is C26H34N4O3. The Bertz CT molecular complexity index is 1040. The summed E-state index contributed by atoms with van der Waals surface area (Å²) in [5, 5.41) is 2.68. The lowest BCUT2D eigenvalue weighted by molar-refractivity contribution is 0.0648. The summed E-state index contributed by atoms with van der Waals surface area (Å²) in [5.74, 6) is -0.744. The lowest BCUT2D eigenvalue weighted by Gasteiger charge is -2.34. The molecule has 1 N–H and O–H groups in total. The van der Waals surface area contributed by atoms with Gasteiger partial charge in [0.2, 0.25) is 5.43 Å². The molecule has 7 nitrogen and oxygen atoms in total. The van der Waals surface area contributed by atoms with E-state index >= 15 is 0 Å². The molecule has 2 heterocycles. The van der Waals surface area contributed by atoms with E-state index in [-0.39, 0.29) is 23.1 Å². The number of carbonyl (C=O) groups excluding carboxylic acids is 2. The van der Waals surface area contributed by atoms with E-state index in [4.69, 9.17) is 0 Å². The highest BCUT2D eigenvalue weighted by molar-refractivity contribution is 5.99. The van der Waals surface area contributed by atoms with Crippen molar-refractivity contribution in [3.63, 3.8) is 0 Å². The number of hydrogen-bond acceptors (Lipinski definition) is 4. The number of nitrogens with zero attached hydrogens (tertiary/aromatic N) is 3. The fourth-order valence-electron chi connectivity index (χ4n) is 3.84. The summed E-state index contributed by atoms with van der Waals surface area (Å²) >= 11 is 0. The van der Waals surface area contributed by atoms with Gasteiger partial charge in [0.1, 0.15) is 11.1 Å². The number of piperazine rings is 1. The molecule has 2 amide bonds. The highest BCUT2D eigenvalue weighted by Crippen LogP contribution is 2.14. The van der Waals surface area contributed by atoms with Gasteiger partial charge in [-0.05, 0) is 25.8 Å². The Morgan fingerprint density at radius 2 is 1.70 bits per heavy atom. The predicted octanol–water partition coefficient (Wildman–Crippen LogP) is 3.04. The van der Waals surface area contributed by atoms with Gasteiger partial charge in [0, 0.05) is 57.7 Å². The standard InChI is InChI=1S/C26H34N4O3/c1-4-20(3)30-18-22(25(32)27-5-2)24(31)23(19-30)26(33)29-16-14-28(15-17-29)13-9-12-21-10-7-6-8-11-21/h6-12,18-20H,4-5,13-17H2,1-3H3,(H,27,32)/b12-9+/t20-/m1/s1. The first-order valence-electron chi connectivity index (χ1n) is 11.7. The Morgan fingerprint density at radius 3 is 2.33 bits per heavy atom. The van der Waals surface area contributed by atoms with E-state index in [1.54, 1.807) is 24.2 Å². The maximum atomic E-state index is 13.3. The van der Waals surface area contributed by atoms with Crippen molar-refractivity contribution in [1.82, 2.24) is 19.7 Å². The molecule has 1 aliphatic rings. The van der Waals surface area contributed by atoms with Crippen molar-refractivity contribution in [2.75, 3.05) is 39.3 Å². The average Bonchev–Trinajstić information content (AvgIpc) is 2.84. The van der Waals surface area contributed by atoms with Crippen LogP contribution in [0.4, 0.5) is 0 Å². The summed E-state index contributed by atoms with van der Waals surface area (Å²) in [6.07, 6.45) is 8.22. The molecule has 1 saturated heterocycles. The molecule has 1 aromatic heterocycles. The van der Waals surface area contributed by atoms with Crippen LogP contribution < -0.4 is 10.7 Å². The Hall–Kier alpha value is -3.19. The van der Waals surface area contributed by atoms with E-state index in [1.165, 1.54) is 0 Å². The van der Waals surface area contributed by atoms with Gasteiger partial charge >= 0.3 is 0 Å². The first-order chi connectivity index (χ1) is 15.9. The highest BCUT2D eigenvalue weighted by atomic mass is 16.2. The molecular weight excluding hydrogens is 416 g/mol. The van der Waals surface area contributed by atoms with E-state index in [0.29, 0.717) is 19.6 Å². The monoisotopic (exact) mass is 450 g/mol. The first-order valence-corrected chi connectivity index (χ1v) is 11.7. The molecule has 0 spiro atoms. The summed E-state index contributed by atoms with van der Waals surface area (Å²) in [6, 6.07) is 10.2. The SMILES string of the molecule is CCNC(=O)c1cn([C@H](C)CC)cc(C(=O)N2CCN(C/C=C/c3ccccc3)CC2)c1=O. The van der Waals surface area contributed by atoms with Gasteiger partial charge in [-0.2, -0.15) is 0 Å². The number of aromatic nitrogens is 1. The van der Waals surface area contributed by atoms with Crippen LogP contribution in [0.3, 0.4) is 0 Å². The van der Waals surface area contributed by atoms with Crippen LogP contribution >= 0.6 is 0 Å². The average molecular weight is 451 g/mol. The number of pyridine rings is 1. The van der Waals surface area contributed by atoms with Crippen molar-refractivity contribution < 1.29 is 9.59 Å². The Kier molecular flexibility index (Phi) is 8.60. The van der Waals surface area contributed by atoms with Crippen LogP contribution in [0.1, 0.15) is 59.5 Å². The summed E-state index contributed by atoms with van der Waals surface area (Å²) < 4.78 is 1.81. The van der Waals surface area contributed by atoms with E-state index in [0.717, 1.165) is 31.6 Å². The third-order valence-electron chi connectivity index (χ3n) is 6.09. The van der Waals surface area contributed by atoms with Gasteiger partial charge in [-0.25, -0.2) is 0 Å². The van der Waals surface area contributed by atoms with E-state index in [9.17, 15) is 14.4 Å². The summed E-state index contributed by atoms with van der Waals surface area (Å²) in [7, 11) is 0. The Morgan fingerprint density at radius 1 is 1.03 bits per heavy atom. The summed E-state index contributed by atoms with van der Waals surface area (Å²) in [5.41, 5.74) is 0.749. The molecule has 0 bridgehead atoms. The molecule has 0 saturated carbocycles. The molecule has 1 aromatic carbocycles. The van der Waals surface area contributed by atoms with Gasteiger partial charge in [0.05, 0.1) is 0 Å². The second kappa shape index (κ2) is 11.6. The molecule has 0 aliphatic carbocycles. The minimum atomic E-state index is -0.501. The van der Waals surface area contributed by atoms with Gasteiger partial charge in [-0.3, -0.25) is 19.3 Å². The number of nitrogens with one attached hydrogen (secondary N) is 1. The van der Waals surface area contributed by atoms with Gasteiger partial charge in [0.15, 0.2) is 0 Å². The third-order valence-corrected chi connectivity index (χ3v) is 6.09. The smallest absolute Gasteiger partial charge is 0.259 e. The fraction of sp³-hybridized carbons (Fsp3) is 0.423. The molecule has 1 fully saturated rings. The van der Waals surface area contributed by atoms with Crippen LogP contribution in [0.25, 0.3) is 6.08 Å². The lowest BCUT2D eigenvalue weighted by atomic mass is 10.1. The third kappa shape index (κ3) is 6.20. The molecule has 0 unspecified atom stereocenters. The minimum absolute atomic E-state index is 0.0210. The maximum Gasteiger partial charge on any atom is 0.259 e. The molecule has 7 heteroatoms. The van der Waals surface area contributed by atoms with E-state index < -0.39 is 11.3 Å². The van der Waals surface area contributed by atoms with Crippen molar-refractivity contribution in [3.8, 4) is 0 Å². The number of rotatable bonds is 8. The normalized spacial score (nSPS) is 15.5. The molecule has 33 heavy (non-hydrogen) atoms. The van der Waals surface area contributed by atoms with Crippen LogP contribution in [-0.4, -0.2) is 65.4 Å². The molecule has 1 aliphatic heterocycles. The molecule has 1 atom stereocenters. The summed E-state index contributed by atoms with van der Waals surface area (Å²) in [4.78, 5) is 42.8. The number of benzene rings is 1. The maximum absolute atomic E-state index is 13.3. The van der Waals surface area contributed by atoms with E-state index in [1.807, 2.05) is 36.6 Å². The van der Waals surface area contributed by atoms with Gasteiger partial charge in [0.25, 0.3) is 11.8 Å². The van der Waals surface area contributed by atoms with Crippen LogP contribution in [0, 0.1) is 0 Å². The number of hydrogen-bond donors (Lipinski definition) is 1. The molecule has 2 aromatic rings. The topological polar surface area (TPSA) is 74.7 Å². The first kappa shape index (κ1) is 24.5. The van der Waals surface area contributed by atoms with Crippen molar-refractivity contribution >= 4 is 17.9 Å². The van der Waals surface area contributed by atoms with Gasteiger partial charge < -0.3 is 14.8 Å². The zero-order chi connectivity index (χ0) is 23.8. The van der Waals surface area contributed by atoms with Crippen LogP contribution in [-0.2, 0) is 0 Å². The van der Waals surface area contributed by atoms with E-state index in [2.05, 4.69) is 34.5 Å². The van der Waals surface area contributed by atoms with Gasteiger partial charge in [-0.1, -0.05) is 49.4 Å². The second-order valence-electron chi connectivity index (χ2n) is 8.38. The molecule has 3 rings (SSSR count). The van der Waals surface area contributed by atoms with Crippen LogP contribution in [0.2, 0.25) is 0 Å².